The summed E-state index contributed by atoms with van der Waals surface area (Å²) in [4.78, 5) is 8.27. The van der Waals surface area contributed by atoms with Crippen LogP contribution < -0.4 is 4.74 Å². The number of aryl methyl sites for hydroxylation is 2. The number of nitrogens with zero attached hydrogens (tertiary/aromatic N) is 2. The highest BCUT2D eigenvalue weighted by molar-refractivity contribution is 5.66. The molecule has 0 unspecified atom stereocenters. The highest BCUT2D eigenvalue weighted by Crippen LogP contribution is 2.30. The van der Waals surface area contributed by atoms with Crippen LogP contribution in [0.4, 0.5) is 17.6 Å². The number of halogens is 4. The summed E-state index contributed by atoms with van der Waals surface area (Å²) in [7, 11) is 0. The summed E-state index contributed by atoms with van der Waals surface area (Å²) in [5.41, 5.74) is 2.02. The molecule has 2 heterocycles. The topological polar surface area (TPSA) is 48.2 Å². The molecule has 0 aliphatic rings. The third kappa shape index (κ3) is 7.28. The van der Waals surface area contributed by atoms with Gasteiger partial charge in [-0.25, -0.2) is 9.37 Å². The van der Waals surface area contributed by atoms with Crippen molar-refractivity contribution in [2.45, 2.75) is 38.5 Å². The lowest BCUT2D eigenvalue weighted by Crippen LogP contribution is -2.05. The highest BCUT2D eigenvalue weighted by Gasteiger charge is 2.30. The fourth-order valence-corrected chi connectivity index (χ4v) is 3.58. The third-order valence-corrected chi connectivity index (χ3v) is 5.54. The molecule has 0 fully saturated rings. The molecule has 8 heteroatoms. The Morgan fingerprint density at radius 1 is 0.861 bits per heavy atom. The van der Waals surface area contributed by atoms with Crippen molar-refractivity contribution in [2.24, 2.45) is 0 Å². The highest BCUT2D eigenvalue weighted by atomic mass is 19.4. The second-order valence-electron chi connectivity index (χ2n) is 8.24. The maximum absolute atomic E-state index is 14.0. The van der Waals surface area contributed by atoms with E-state index in [2.05, 4.69) is 9.97 Å². The van der Waals surface area contributed by atoms with Crippen LogP contribution in [0, 0.1) is 5.82 Å². The zero-order valence-corrected chi connectivity index (χ0v) is 19.3. The number of pyridine rings is 1. The fraction of sp³-hybridized carbons (Fsp3) is 0.214. The van der Waals surface area contributed by atoms with Gasteiger partial charge >= 0.3 is 6.18 Å². The van der Waals surface area contributed by atoms with Crippen LogP contribution in [0.15, 0.2) is 77.7 Å². The van der Waals surface area contributed by atoms with Crippen LogP contribution in [0.25, 0.3) is 12.2 Å². The van der Waals surface area contributed by atoms with E-state index < -0.39 is 17.6 Å². The van der Waals surface area contributed by atoms with Crippen molar-refractivity contribution in [3.8, 4) is 5.75 Å². The van der Waals surface area contributed by atoms with E-state index in [0.29, 0.717) is 17.5 Å². The standard InChI is InChI=1S/C28H24F4N2O2/c29-26-17-23(28(30,31)32)9-7-22(26)8-12-27-34-24(19-36-27)18-35-25-10-5-20(6-11-25)3-1-2-4-21-13-15-33-16-14-21/h5-17,19H,1-4,18H2. The molecule has 0 aliphatic heterocycles. The minimum absolute atomic E-state index is 0.00328. The second-order valence-corrected chi connectivity index (χ2v) is 8.24. The molecule has 186 valence electrons. The Balaban J connectivity index is 1.23. The lowest BCUT2D eigenvalue weighted by molar-refractivity contribution is -0.137. The largest absolute Gasteiger partial charge is 0.487 e. The van der Waals surface area contributed by atoms with E-state index in [1.54, 1.807) is 0 Å². The molecule has 2 aromatic heterocycles. The van der Waals surface area contributed by atoms with E-state index in [1.807, 2.05) is 48.8 Å². The molecule has 0 amide bonds. The van der Waals surface area contributed by atoms with Crippen molar-refractivity contribution < 1.29 is 26.7 Å². The molecule has 0 bridgehead atoms. The fourth-order valence-electron chi connectivity index (χ4n) is 3.58. The number of hydrogen-bond donors (Lipinski definition) is 0. The Hall–Kier alpha value is -3.94. The molecule has 0 radical (unpaired) electrons. The summed E-state index contributed by atoms with van der Waals surface area (Å²) in [6, 6.07) is 14.3. The molecular formula is C28H24F4N2O2. The van der Waals surface area contributed by atoms with Crippen LogP contribution >= 0.6 is 0 Å². The number of alkyl halides is 3. The SMILES string of the molecule is Fc1cc(C(F)(F)F)ccc1C=Cc1nc(COc2ccc(CCCCc3ccncc3)cc2)co1. The molecule has 2 aromatic carbocycles. The van der Waals surface area contributed by atoms with Crippen molar-refractivity contribution in [1.29, 1.82) is 0 Å². The number of rotatable bonds is 10. The first kappa shape index (κ1) is 25.2. The molecule has 0 atom stereocenters. The van der Waals surface area contributed by atoms with Crippen LogP contribution in [0.3, 0.4) is 0 Å². The minimum Gasteiger partial charge on any atom is -0.487 e. The van der Waals surface area contributed by atoms with E-state index in [1.165, 1.54) is 29.5 Å². The maximum Gasteiger partial charge on any atom is 0.416 e. The zero-order chi connectivity index (χ0) is 25.4. The van der Waals surface area contributed by atoms with Crippen LogP contribution in [0.1, 0.15) is 46.7 Å². The number of benzene rings is 2. The number of unbranched alkanes of at least 4 members (excludes halogenated alkanes) is 1. The van der Waals surface area contributed by atoms with Gasteiger partial charge in [-0.05, 0) is 79.3 Å². The van der Waals surface area contributed by atoms with E-state index in [0.717, 1.165) is 37.8 Å². The van der Waals surface area contributed by atoms with Gasteiger partial charge in [-0.15, -0.1) is 0 Å². The molecule has 4 aromatic rings. The summed E-state index contributed by atoms with van der Waals surface area (Å²) in [6.45, 7) is 0.178. The Morgan fingerprint density at radius 3 is 2.22 bits per heavy atom. The van der Waals surface area contributed by atoms with Crippen LogP contribution in [-0.4, -0.2) is 9.97 Å². The van der Waals surface area contributed by atoms with Gasteiger partial charge in [0, 0.05) is 24.0 Å². The Kier molecular flexibility index (Phi) is 8.15. The molecular weight excluding hydrogens is 472 g/mol. The van der Waals surface area contributed by atoms with Gasteiger partial charge in [-0.1, -0.05) is 18.2 Å². The normalized spacial score (nSPS) is 11.8. The smallest absolute Gasteiger partial charge is 0.416 e. The van der Waals surface area contributed by atoms with Crippen LogP contribution in [0.5, 0.6) is 5.75 Å². The van der Waals surface area contributed by atoms with Crippen LogP contribution in [-0.2, 0) is 25.6 Å². The lowest BCUT2D eigenvalue weighted by Gasteiger charge is -2.07. The zero-order valence-electron chi connectivity index (χ0n) is 19.3. The summed E-state index contributed by atoms with van der Waals surface area (Å²) < 4.78 is 63.0. The Bertz CT molecular complexity index is 1280. The van der Waals surface area contributed by atoms with Gasteiger partial charge in [0.05, 0.1) is 5.56 Å². The van der Waals surface area contributed by atoms with Crippen LogP contribution in [0.2, 0.25) is 0 Å². The summed E-state index contributed by atoms with van der Waals surface area (Å²) >= 11 is 0. The molecule has 0 N–H and O–H groups in total. The van der Waals surface area contributed by atoms with E-state index >= 15 is 0 Å². The molecule has 4 nitrogen and oxygen atoms in total. The maximum atomic E-state index is 14.0. The third-order valence-electron chi connectivity index (χ3n) is 5.54. The summed E-state index contributed by atoms with van der Waals surface area (Å²) in [6.07, 6.45) is 7.37. The predicted molar refractivity (Wildman–Crippen MR) is 128 cm³/mol. The Morgan fingerprint density at radius 2 is 1.56 bits per heavy atom. The van der Waals surface area contributed by atoms with E-state index in [-0.39, 0.29) is 18.1 Å². The molecule has 0 aliphatic carbocycles. The van der Waals surface area contributed by atoms with Gasteiger partial charge in [0.15, 0.2) is 0 Å². The Labute approximate surface area is 206 Å². The molecule has 0 spiro atoms. The number of ether oxygens (including phenoxy) is 1. The van der Waals surface area contributed by atoms with Gasteiger partial charge in [0.1, 0.15) is 30.1 Å². The van der Waals surface area contributed by atoms with Gasteiger partial charge in [-0.2, -0.15) is 13.2 Å². The molecule has 4 rings (SSSR count). The monoisotopic (exact) mass is 496 g/mol. The van der Waals surface area contributed by atoms with Crippen molar-refractivity contribution in [1.82, 2.24) is 9.97 Å². The molecule has 36 heavy (non-hydrogen) atoms. The minimum atomic E-state index is -4.60. The first-order valence-electron chi connectivity index (χ1n) is 11.5. The quantitative estimate of drug-likeness (QED) is 0.168. The average molecular weight is 497 g/mol. The summed E-state index contributed by atoms with van der Waals surface area (Å²) in [5, 5.41) is 0. The average Bonchev–Trinajstić information content (AvgIpc) is 3.33. The lowest BCUT2D eigenvalue weighted by atomic mass is 10.0. The molecule has 0 saturated heterocycles. The number of oxazole rings is 1. The molecule has 0 saturated carbocycles. The van der Waals surface area contributed by atoms with Gasteiger partial charge in [-0.3, -0.25) is 4.98 Å². The van der Waals surface area contributed by atoms with Crippen molar-refractivity contribution in [2.75, 3.05) is 0 Å². The van der Waals surface area contributed by atoms with Gasteiger partial charge in [0.25, 0.3) is 0 Å². The van der Waals surface area contributed by atoms with Crippen molar-refractivity contribution in [3.63, 3.8) is 0 Å². The summed E-state index contributed by atoms with van der Waals surface area (Å²) in [5.74, 6) is -0.0918. The number of aromatic nitrogens is 2. The van der Waals surface area contributed by atoms with Crippen molar-refractivity contribution >= 4 is 12.2 Å². The first-order chi connectivity index (χ1) is 17.4. The predicted octanol–water partition coefficient (Wildman–Crippen LogP) is 7.54. The number of hydrogen-bond acceptors (Lipinski definition) is 4. The second kappa shape index (κ2) is 11.7. The first-order valence-corrected chi connectivity index (χ1v) is 11.5. The van der Waals surface area contributed by atoms with Gasteiger partial charge < -0.3 is 9.15 Å². The van der Waals surface area contributed by atoms with E-state index in [9.17, 15) is 17.6 Å². The van der Waals surface area contributed by atoms with Gasteiger partial charge in [0.2, 0.25) is 5.89 Å². The van der Waals surface area contributed by atoms with E-state index in [4.69, 9.17) is 9.15 Å². The van der Waals surface area contributed by atoms with Crippen molar-refractivity contribution in [3.05, 3.63) is 113 Å².